The van der Waals surface area contributed by atoms with Gasteiger partial charge in [0, 0.05) is 38.8 Å². The molecule has 0 saturated carbocycles. The lowest BCUT2D eigenvalue weighted by Crippen LogP contribution is -2.58. The number of nitrogens with zero attached hydrogens (tertiary/aromatic N) is 2. The summed E-state index contributed by atoms with van der Waals surface area (Å²) in [4.78, 5) is 5.07. The molecule has 3 rings (SSSR count). The number of methoxy groups -OCH3 is 1. The highest BCUT2D eigenvalue weighted by Crippen LogP contribution is 2.17. The molecule has 3 heterocycles. The second-order valence-electron chi connectivity index (χ2n) is 4.38. The Morgan fingerprint density at radius 3 is 3.00 bits per heavy atom. The Labute approximate surface area is 86.0 Å². The number of piperazine rings is 1. The minimum atomic E-state index is 0.167. The highest BCUT2D eigenvalue weighted by molar-refractivity contribution is 4.91. The molecule has 4 unspecified atom stereocenters. The van der Waals surface area contributed by atoms with Gasteiger partial charge in [0.25, 0.3) is 0 Å². The maximum atomic E-state index is 6.12. The van der Waals surface area contributed by atoms with Crippen molar-refractivity contribution < 1.29 is 4.74 Å². The van der Waals surface area contributed by atoms with Gasteiger partial charge in [0.1, 0.15) is 0 Å². The van der Waals surface area contributed by atoms with Crippen molar-refractivity contribution in [3.63, 3.8) is 0 Å². The molecule has 0 aliphatic carbocycles. The number of ether oxygens (including phenoxy) is 1. The summed E-state index contributed by atoms with van der Waals surface area (Å²) in [5.41, 5.74) is 6.12. The van der Waals surface area contributed by atoms with Crippen molar-refractivity contribution in [3.05, 3.63) is 0 Å². The summed E-state index contributed by atoms with van der Waals surface area (Å²) in [5, 5.41) is 0. The van der Waals surface area contributed by atoms with E-state index in [9.17, 15) is 0 Å². The minimum Gasteiger partial charge on any atom is -0.383 e. The van der Waals surface area contributed by atoms with Crippen molar-refractivity contribution in [2.75, 3.05) is 46.4 Å². The van der Waals surface area contributed by atoms with Crippen LogP contribution in [0.2, 0.25) is 0 Å². The van der Waals surface area contributed by atoms with Gasteiger partial charge in [-0.15, -0.1) is 0 Å². The van der Waals surface area contributed by atoms with Crippen LogP contribution in [-0.2, 0) is 4.74 Å². The van der Waals surface area contributed by atoms with Gasteiger partial charge >= 0.3 is 0 Å². The molecule has 0 aromatic carbocycles. The Balaban J connectivity index is 1.97. The molecule has 0 amide bonds. The first kappa shape index (κ1) is 10.4. The lowest BCUT2D eigenvalue weighted by Gasteiger charge is -2.40. The molecule has 2 bridgehead atoms. The molecule has 0 aromatic heterocycles. The summed E-state index contributed by atoms with van der Waals surface area (Å²) in [7, 11) is 1.73. The van der Waals surface area contributed by atoms with Crippen LogP contribution in [0.5, 0.6) is 0 Å². The molecule has 4 nitrogen and oxygen atoms in total. The second kappa shape index (κ2) is 4.57. The van der Waals surface area contributed by atoms with Crippen molar-refractivity contribution in [2.24, 2.45) is 5.73 Å². The van der Waals surface area contributed by atoms with E-state index in [0.717, 1.165) is 6.54 Å². The van der Waals surface area contributed by atoms with Gasteiger partial charge in [-0.2, -0.15) is 0 Å². The molecule has 3 fully saturated rings. The third kappa shape index (κ3) is 2.08. The number of fused-ring (bicyclic) bond motifs is 4. The van der Waals surface area contributed by atoms with E-state index in [0.29, 0.717) is 12.6 Å². The van der Waals surface area contributed by atoms with Crippen LogP contribution < -0.4 is 5.73 Å². The normalized spacial score (nSPS) is 39.4. The van der Waals surface area contributed by atoms with E-state index < -0.39 is 0 Å². The van der Waals surface area contributed by atoms with Crippen molar-refractivity contribution in [1.29, 1.82) is 0 Å². The van der Waals surface area contributed by atoms with Crippen molar-refractivity contribution in [3.8, 4) is 0 Å². The zero-order valence-corrected chi connectivity index (χ0v) is 8.98. The standard InChI is InChI=1S/C10H21N3O/c1-14-8-9(11)10-7-12-3-2-4-13(10)6-5-12/h9-10H,2-8,11H2,1H3. The topological polar surface area (TPSA) is 41.7 Å². The first-order valence-electron chi connectivity index (χ1n) is 5.52. The van der Waals surface area contributed by atoms with Crippen LogP contribution in [0.15, 0.2) is 0 Å². The Bertz CT molecular complexity index is 184. The van der Waals surface area contributed by atoms with Crippen LogP contribution in [0.25, 0.3) is 0 Å². The Kier molecular flexibility index (Phi) is 3.38. The van der Waals surface area contributed by atoms with E-state index >= 15 is 0 Å². The van der Waals surface area contributed by atoms with Crippen molar-refractivity contribution >= 4 is 0 Å². The maximum absolute atomic E-state index is 6.12. The van der Waals surface area contributed by atoms with Gasteiger partial charge in [-0.05, 0) is 19.5 Å². The molecule has 4 atom stereocenters. The SMILES string of the molecule is COCC(N)C1CN2CCCN1CC2. The molecular weight excluding hydrogens is 178 g/mol. The van der Waals surface area contributed by atoms with Crippen LogP contribution >= 0.6 is 0 Å². The summed E-state index contributed by atoms with van der Waals surface area (Å²) in [5.74, 6) is 0. The Hall–Kier alpha value is -0.160. The number of rotatable bonds is 3. The smallest absolute Gasteiger partial charge is 0.0629 e. The lowest BCUT2D eigenvalue weighted by atomic mass is 10.1. The molecule has 0 radical (unpaired) electrons. The van der Waals surface area contributed by atoms with E-state index in [2.05, 4.69) is 9.80 Å². The van der Waals surface area contributed by atoms with Gasteiger partial charge in [-0.3, -0.25) is 4.90 Å². The zero-order valence-electron chi connectivity index (χ0n) is 8.98. The average molecular weight is 199 g/mol. The Morgan fingerprint density at radius 2 is 2.21 bits per heavy atom. The summed E-state index contributed by atoms with van der Waals surface area (Å²) < 4.78 is 5.14. The predicted molar refractivity (Wildman–Crippen MR) is 56.3 cm³/mol. The van der Waals surface area contributed by atoms with Crippen molar-refractivity contribution in [1.82, 2.24) is 9.80 Å². The molecule has 2 N–H and O–H groups in total. The summed E-state index contributed by atoms with van der Waals surface area (Å²) in [6, 6.07) is 0.673. The highest BCUT2D eigenvalue weighted by Gasteiger charge is 2.33. The maximum Gasteiger partial charge on any atom is 0.0629 e. The van der Waals surface area contributed by atoms with Crippen LogP contribution in [0.3, 0.4) is 0 Å². The zero-order chi connectivity index (χ0) is 9.97. The summed E-state index contributed by atoms with van der Waals surface area (Å²) in [6.07, 6.45) is 1.29. The minimum absolute atomic E-state index is 0.167. The molecule has 82 valence electrons. The lowest BCUT2D eigenvalue weighted by molar-refractivity contribution is 0.0667. The fourth-order valence-corrected chi connectivity index (χ4v) is 2.59. The summed E-state index contributed by atoms with van der Waals surface area (Å²) in [6.45, 7) is 6.66. The molecule has 0 aromatic rings. The predicted octanol–water partition coefficient (Wildman–Crippen LogP) is -0.650. The van der Waals surface area contributed by atoms with E-state index in [1.807, 2.05) is 0 Å². The van der Waals surface area contributed by atoms with Crippen LogP contribution in [0.1, 0.15) is 6.42 Å². The van der Waals surface area contributed by atoms with E-state index in [1.54, 1.807) is 7.11 Å². The monoisotopic (exact) mass is 199 g/mol. The fraction of sp³-hybridized carbons (Fsp3) is 1.00. The third-order valence-electron chi connectivity index (χ3n) is 3.39. The van der Waals surface area contributed by atoms with Gasteiger partial charge in [0.2, 0.25) is 0 Å². The van der Waals surface area contributed by atoms with Crippen LogP contribution in [-0.4, -0.2) is 68.3 Å². The van der Waals surface area contributed by atoms with E-state index in [4.69, 9.17) is 10.5 Å². The molecule has 3 aliphatic heterocycles. The quantitative estimate of drug-likeness (QED) is 0.656. The third-order valence-corrected chi connectivity index (χ3v) is 3.39. The Morgan fingerprint density at radius 1 is 1.36 bits per heavy atom. The van der Waals surface area contributed by atoms with Gasteiger partial charge < -0.3 is 15.4 Å². The van der Waals surface area contributed by atoms with Crippen LogP contribution in [0, 0.1) is 0 Å². The van der Waals surface area contributed by atoms with E-state index in [1.165, 1.54) is 32.6 Å². The second-order valence-corrected chi connectivity index (χ2v) is 4.38. The molecular formula is C10H21N3O. The first-order chi connectivity index (χ1) is 6.81. The van der Waals surface area contributed by atoms with Gasteiger partial charge in [0.05, 0.1) is 6.61 Å². The van der Waals surface area contributed by atoms with Crippen molar-refractivity contribution in [2.45, 2.75) is 18.5 Å². The molecule has 0 spiro atoms. The first-order valence-corrected chi connectivity index (χ1v) is 5.52. The molecule has 3 saturated heterocycles. The van der Waals surface area contributed by atoms with Gasteiger partial charge in [-0.25, -0.2) is 0 Å². The number of nitrogens with two attached hydrogens (primary N) is 1. The van der Waals surface area contributed by atoms with E-state index in [-0.39, 0.29) is 6.04 Å². The number of hydrogen-bond acceptors (Lipinski definition) is 4. The molecule has 3 aliphatic rings. The van der Waals surface area contributed by atoms with Crippen LogP contribution in [0.4, 0.5) is 0 Å². The highest BCUT2D eigenvalue weighted by atomic mass is 16.5. The van der Waals surface area contributed by atoms with Gasteiger partial charge in [0.15, 0.2) is 0 Å². The average Bonchev–Trinajstić information content (AvgIpc) is 2.52. The molecule has 4 heteroatoms. The fourth-order valence-electron chi connectivity index (χ4n) is 2.59. The number of hydrogen-bond donors (Lipinski definition) is 1. The van der Waals surface area contributed by atoms with Gasteiger partial charge in [-0.1, -0.05) is 0 Å². The summed E-state index contributed by atoms with van der Waals surface area (Å²) >= 11 is 0. The molecule has 14 heavy (non-hydrogen) atoms. The largest absolute Gasteiger partial charge is 0.383 e.